The average Bonchev–Trinajstić information content (AvgIpc) is 2.81. The number of carbonyl (C=O) groups excluding carboxylic acids is 2. The third-order valence-corrected chi connectivity index (χ3v) is 6.71. The van der Waals surface area contributed by atoms with Gasteiger partial charge in [0.2, 0.25) is 11.8 Å². The molecule has 0 saturated heterocycles. The summed E-state index contributed by atoms with van der Waals surface area (Å²) in [5.74, 6) is 0.871. The van der Waals surface area contributed by atoms with E-state index >= 15 is 0 Å². The molecular formula is C25H39N3O4. The molecule has 3 atom stereocenters. The Hall–Kier alpha value is -2.12. The van der Waals surface area contributed by atoms with Crippen molar-refractivity contribution >= 4 is 17.5 Å². The van der Waals surface area contributed by atoms with E-state index in [0.29, 0.717) is 18.0 Å². The number of nitrogens with zero attached hydrogens (tertiary/aromatic N) is 2. The van der Waals surface area contributed by atoms with E-state index in [2.05, 4.69) is 17.1 Å². The maximum atomic E-state index is 13.2. The Morgan fingerprint density at radius 1 is 1.28 bits per heavy atom. The molecule has 0 radical (unpaired) electrons. The van der Waals surface area contributed by atoms with Crippen LogP contribution in [0, 0.1) is 11.8 Å². The fraction of sp³-hybridized carbons (Fsp3) is 0.680. The monoisotopic (exact) mass is 445 g/mol. The highest BCUT2D eigenvalue weighted by Gasteiger charge is 2.31. The van der Waals surface area contributed by atoms with E-state index in [4.69, 9.17) is 4.74 Å². The van der Waals surface area contributed by atoms with E-state index in [-0.39, 0.29) is 48.8 Å². The first-order valence-electron chi connectivity index (χ1n) is 11.9. The highest BCUT2D eigenvalue weighted by molar-refractivity contribution is 5.93. The van der Waals surface area contributed by atoms with Crippen molar-refractivity contribution in [2.24, 2.45) is 11.8 Å². The number of nitrogens with one attached hydrogen (secondary N) is 1. The van der Waals surface area contributed by atoms with Gasteiger partial charge in [-0.05, 0) is 52.1 Å². The lowest BCUT2D eigenvalue weighted by molar-refractivity contribution is -0.134. The summed E-state index contributed by atoms with van der Waals surface area (Å²) in [6.07, 6.45) is 5.37. The third kappa shape index (κ3) is 6.23. The zero-order valence-corrected chi connectivity index (χ0v) is 20.0. The van der Waals surface area contributed by atoms with Crippen molar-refractivity contribution < 1.29 is 19.4 Å². The molecule has 7 heteroatoms. The van der Waals surface area contributed by atoms with Crippen LogP contribution in [0.15, 0.2) is 18.2 Å². The average molecular weight is 446 g/mol. The lowest BCUT2D eigenvalue weighted by Gasteiger charge is -2.33. The van der Waals surface area contributed by atoms with Gasteiger partial charge in [0.05, 0.1) is 19.1 Å². The molecule has 32 heavy (non-hydrogen) atoms. The van der Waals surface area contributed by atoms with Crippen molar-refractivity contribution in [2.75, 3.05) is 39.1 Å². The molecule has 3 rings (SSSR count). The van der Waals surface area contributed by atoms with E-state index in [1.165, 1.54) is 6.42 Å². The van der Waals surface area contributed by atoms with Gasteiger partial charge in [-0.3, -0.25) is 9.59 Å². The molecule has 1 heterocycles. The van der Waals surface area contributed by atoms with Crippen molar-refractivity contribution in [1.82, 2.24) is 9.80 Å². The summed E-state index contributed by atoms with van der Waals surface area (Å²) in [5, 5.41) is 12.8. The fourth-order valence-corrected chi connectivity index (χ4v) is 4.69. The van der Waals surface area contributed by atoms with Crippen molar-refractivity contribution in [3.05, 3.63) is 23.8 Å². The van der Waals surface area contributed by atoms with E-state index in [0.717, 1.165) is 37.8 Å². The summed E-state index contributed by atoms with van der Waals surface area (Å²) in [6.45, 7) is 5.12. The van der Waals surface area contributed by atoms with Gasteiger partial charge >= 0.3 is 0 Å². The van der Waals surface area contributed by atoms with Crippen LogP contribution in [0.4, 0.5) is 5.69 Å². The summed E-state index contributed by atoms with van der Waals surface area (Å²) >= 11 is 0. The van der Waals surface area contributed by atoms with Gasteiger partial charge < -0.3 is 25.0 Å². The molecule has 1 fully saturated rings. The number of rotatable bonds is 6. The van der Waals surface area contributed by atoms with Crippen LogP contribution >= 0.6 is 0 Å². The second kappa shape index (κ2) is 11.1. The minimum atomic E-state index is -0.263. The fourth-order valence-electron chi connectivity index (χ4n) is 4.69. The second-order valence-corrected chi connectivity index (χ2v) is 9.80. The van der Waals surface area contributed by atoms with Crippen LogP contribution in [0.2, 0.25) is 0 Å². The Bertz CT molecular complexity index is 791. The number of fused-ring (bicyclic) bond motifs is 1. The molecule has 1 aliphatic carbocycles. The molecule has 1 aromatic rings. The van der Waals surface area contributed by atoms with Crippen LogP contribution in [0.5, 0.6) is 5.75 Å². The minimum Gasteiger partial charge on any atom is -0.488 e. The number of carbonyl (C=O) groups is 2. The van der Waals surface area contributed by atoms with Gasteiger partial charge in [0, 0.05) is 36.2 Å². The first kappa shape index (κ1) is 24.5. The number of aliphatic hydroxyl groups is 1. The van der Waals surface area contributed by atoms with Gasteiger partial charge in [0.15, 0.2) is 0 Å². The van der Waals surface area contributed by atoms with E-state index < -0.39 is 0 Å². The predicted molar refractivity (Wildman–Crippen MR) is 126 cm³/mol. The van der Waals surface area contributed by atoms with Crippen molar-refractivity contribution in [3.63, 3.8) is 0 Å². The SMILES string of the molecule is C[C@H]1CN([C@@H](C)CO)C(=O)Cc2cc(NC(=O)C3CCCCC3)ccc2O[C@@H]1CN(C)C. The number of likely N-dealkylation sites (N-methyl/N-ethyl adjacent to an activating group) is 1. The van der Waals surface area contributed by atoms with Gasteiger partial charge in [0.25, 0.3) is 0 Å². The first-order valence-corrected chi connectivity index (χ1v) is 11.9. The predicted octanol–water partition coefficient (Wildman–Crippen LogP) is 2.92. The zero-order chi connectivity index (χ0) is 23.3. The minimum absolute atomic E-state index is 0.0375. The summed E-state index contributed by atoms with van der Waals surface area (Å²) in [6, 6.07) is 5.35. The molecule has 2 aliphatic rings. The van der Waals surface area contributed by atoms with Crippen LogP contribution in [-0.4, -0.2) is 72.7 Å². The summed E-state index contributed by atoms with van der Waals surface area (Å²) in [4.78, 5) is 29.8. The lowest BCUT2D eigenvalue weighted by atomic mass is 9.88. The van der Waals surface area contributed by atoms with Crippen LogP contribution in [0.3, 0.4) is 0 Å². The Kier molecular flexibility index (Phi) is 8.54. The summed E-state index contributed by atoms with van der Waals surface area (Å²) in [7, 11) is 4.01. The molecule has 2 amide bonds. The van der Waals surface area contributed by atoms with Gasteiger partial charge in [-0.1, -0.05) is 26.2 Å². The first-order chi connectivity index (χ1) is 15.3. The molecule has 0 aromatic heterocycles. The smallest absolute Gasteiger partial charge is 0.227 e. The number of anilines is 1. The number of ether oxygens (including phenoxy) is 1. The maximum absolute atomic E-state index is 13.2. The van der Waals surface area contributed by atoms with Gasteiger partial charge in [-0.15, -0.1) is 0 Å². The van der Waals surface area contributed by atoms with Gasteiger partial charge in [0.1, 0.15) is 11.9 Å². The largest absolute Gasteiger partial charge is 0.488 e. The Labute approximate surface area is 192 Å². The maximum Gasteiger partial charge on any atom is 0.227 e. The molecule has 0 unspecified atom stereocenters. The number of amides is 2. The van der Waals surface area contributed by atoms with Crippen LogP contribution in [0.1, 0.15) is 51.5 Å². The topological polar surface area (TPSA) is 82.1 Å². The summed E-state index contributed by atoms with van der Waals surface area (Å²) in [5.41, 5.74) is 1.47. The van der Waals surface area contributed by atoms with Gasteiger partial charge in [-0.2, -0.15) is 0 Å². The molecule has 0 spiro atoms. The molecular weight excluding hydrogens is 406 g/mol. The van der Waals surface area contributed by atoms with Crippen LogP contribution < -0.4 is 10.1 Å². The van der Waals surface area contributed by atoms with Crippen LogP contribution in [0.25, 0.3) is 0 Å². The van der Waals surface area contributed by atoms with E-state index in [9.17, 15) is 14.7 Å². The van der Waals surface area contributed by atoms with Crippen molar-refractivity contribution in [1.29, 1.82) is 0 Å². The molecule has 7 nitrogen and oxygen atoms in total. The third-order valence-electron chi connectivity index (χ3n) is 6.71. The second-order valence-electron chi connectivity index (χ2n) is 9.80. The highest BCUT2D eigenvalue weighted by atomic mass is 16.5. The zero-order valence-electron chi connectivity index (χ0n) is 20.0. The number of hydrogen-bond acceptors (Lipinski definition) is 5. The molecule has 0 bridgehead atoms. The number of aliphatic hydroxyl groups excluding tert-OH is 1. The van der Waals surface area contributed by atoms with Crippen molar-refractivity contribution in [3.8, 4) is 5.75 Å². The van der Waals surface area contributed by atoms with E-state index in [1.807, 2.05) is 39.2 Å². The highest BCUT2D eigenvalue weighted by Crippen LogP contribution is 2.30. The molecule has 1 saturated carbocycles. The quantitative estimate of drug-likeness (QED) is 0.704. The molecule has 1 aliphatic heterocycles. The van der Waals surface area contributed by atoms with Crippen LogP contribution in [-0.2, 0) is 16.0 Å². The van der Waals surface area contributed by atoms with E-state index in [1.54, 1.807) is 4.90 Å². The Morgan fingerprint density at radius 3 is 2.66 bits per heavy atom. The van der Waals surface area contributed by atoms with Gasteiger partial charge in [-0.25, -0.2) is 0 Å². The lowest BCUT2D eigenvalue weighted by Crippen LogP contribution is -2.47. The molecule has 1 aromatic carbocycles. The molecule has 178 valence electrons. The Morgan fingerprint density at radius 2 is 2.00 bits per heavy atom. The normalized spacial score (nSPS) is 23.6. The van der Waals surface area contributed by atoms with Crippen molar-refractivity contribution in [2.45, 2.75) is 64.5 Å². The Balaban J connectivity index is 1.87. The standard InChI is InChI=1S/C25H39N3O4/c1-17-14-28(18(2)16-29)24(30)13-20-12-21(26-25(31)19-8-6-5-7-9-19)10-11-22(20)32-23(17)15-27(3)4/h10-12,17-19,23,29H,5-9,13-16H2,1-4H3,(H,26,31)/t17-,18-,23+/m0/s1. The summed E-state index contributed by atoms with van der Waals surface area (Å²) < 4.78 is 6.43. The number of hydrogen-bond donors (Lipinski definition) is 2. The molecule has 2 N–H and O–H groups in total. The number of benzene rings is 1.